The Balaban J connectivity index is 2.20. The highest BCUT2D eigenvalue weighted by molar-refractivity contribution is 9.10. The molecule has 1 N–H and O–H groups in total. The second-order valence-corrected chi connectivity index (χ2v) is 8.01. The van der Waals surface area contributed by atoms with Crippen LogP contribution in [0.25, 0.3) is 0 Å². The van der Waals surface area contributed by atoms with Crippen LogP contribution in [0.2, 0.25) is 0 Å². The molecule has 7 heteroatoms. The Hall–Kier alpha value is -1.57. The van der Waals surface area contributed by atoms with E-state index in [0.29, 0.717) is 17.1 Å². The molecule has 2 aromatic rings. The van der Waals surface area contributed by atoms with Crippen molar-refractivity contribution in [2.24, 2.45) is 0 Å². The lowest BCUT2D eigenvalue weighted by Crippen LogP contribution is -2.28. The quantitative estimate of drug-likeness (QED) is 0.752. The average Bonchev–Trinajstić information content (AvgIpc) is 2.53. The summed E-state index contributed by atoms with van der Waals surface area (Å²) in [7, 11) is -0.398. The highest BCUT2D eigenvalue weighted by Gasteiger charge is 2.20. The van der Waals surface area contributed by atoms with Crippen molar-refractivity contribution in [2.45, 2.75) is 18.7 Å². The van der Waals surface area contributed by atoms with Gasteiger partial charge in [-0.2, -0.15) is 0 Å². The monoisotopic (exact) mass is 413 g/mol. The lowest BCUT2D eigenvalue weighted by Gasteiger charge is -2.18. The van der Waals surface area contributed by atoms with E-state index in [9.17, 15) is 8.42 Å². The molecule has 2 rings (SSSR count). The van der Waals surface area contributed by atoms with Gasteiger partial charge in [0.2, 0.25) is 10.0 Å². The molecular formula is C17H20BrNO4S. The van der Waals surface area contributed by atoms with Gasteiger partial charge in [0, 0.05) is 16.1 Å². The van der Waals surface area contributed by atoms with Crippen LogP contribution in [0.5, 0.6) is 11.5 Å². The summed E-state index contributed by atoms with van der Waals surface area (Å²) in [5.41, 5.74) is 1.43. The second-order valence-electron chi connectivity index (χ2n) is 5.34. The predicted molar refractivity (Wildman–Crippen MR) is 97.9 cm³/mol. The number of rotatable bonds is 7. The Kier molecular flexibility index (Phi) is 6.26. The molecule has 0 heterocycles. The van der Waals surface area contributed by atoms with Crippen LogP contribution in [-0.2, 0) is 15.8 Å². The van der Waals surface area contributed by atoms with E-state index in [2.05, 4.69) is 20.7 Å². The molecule has 0 unspecified atom stereocenters. The number of hydrogen-bond donors (Lipinski definition) is 1. The van der Waals surface area contributed by atoms with Crippen LogP contribution < -0.4 is 14.2 Å². The van der Waals surface area contributed by atoms with Gasteiger partial charge in [-0.05, 0) is 42.8 Å². The van der Waals surface area contributed by atoms with E-state index >= 15 is 0 Å². The normalized spacial score (nSPS) is 12.7. The summed E-state index contributed by atoms with van der Waals surface area (Å²) in [6.07, 6.45) is 0. The Labute approximate surface area is 151 Å². The van der Waals surface area contributed by atoms with Gasteiger partial charge in [0.15, 0.2) is 0 Å². The van der Waals surface area contributed by atoms with Crippen LogP contribution in [0, 0.1) is 0 Å². The zero-order chi connectivity index (χ0) is 17.7. The Morgan fingerprint density at radius 2 is 1.88 bits per heavy atom. The molecule has 0 saturated heterocycles. The number of sulfonamides is 1. The molecule has 1 atom stereocenters. The molecule has 0 aliphatic rings. The van der Waals surface area contributed by atoms with E-state index in [1.165, 1.54) is 0 Å². The molecule has 5 nitrogen and oxygen atoms in total. The fourth-order valence-corrected chi connectivity index (χ4v) is 4.21. The minimum Gasteiger partial charge on any atom is -0.497 e. The number of hydrogen-bond acceptors (Lipinski definition) is 4. The Morgan fingerprint density at radius 1 is 1.12 bits per heavy atom. The third kappa shape index (κ3) is 4.96. The number of methoxy groups -OCH3 is 2. The van der Waals surface area contributed by atoms with Gasteiger partial charge in [0.1, 0.15) is 11.5 Å². The van der Waals surface area contributed by atoms with Crippen molar-refractivity contribution in [3.63, 3.8) is 0 Å². The number of benzene rings is 2. The molecule has 2 aromatic carbocycles. The van der Waals surface area contributed by atoms with Crippen LogP contribution in [0.3, 0.4) is 0 Å². The topological polar surface area (TPSA) is 64.6 Å². The van der Waals surface area contributed by atoms with Crippen molar-refractivity contribution < 1.29 is 17.9 Å². The molecular weight excluding hydrogens is 394 g/mol. The first-order valence-electron chi connectivity index (χ1n) is 7.31. The summed E-state index contributed by atoms with van der Waals surface area (Å²) in [5.74, 6) is 1.15. The first-order chi connectivity index (χ1) is 11.3. The molecule has 0 bridgehead atoms. The summed E-state index contributed by atoms with van der Waals surface area (Å²) in [6, 6.07) is 12.1. The van der Waals surface area contributed by atoms with Gasteiger partial charge in [0.05, 0.1) is 20.0 Å². The van der Waals surface area contributed by atoms with E-state index < -0.39 is 16.1 Å². The van der Waals surface area contributed by atoms with Crippen LogP contribution in [-0.4, -0.2) is 22.6 Å². The van der Waals surface area contributed by atoms with Crippen molar-refractivity contribution in [1.29, 1.82) is 0 Å². The van der Waals surface area contributed by atoms with Crippen molar-refractivity contribution in [1.82, 2.24) is 4.72 Å². The molecule has 0 amide bonds. The Bertz CT molecular complexity index is 808. The van der Waals surface area contributed by atoms with E-state index in [1.54, 1.807) is 51.5 Å². The predicted octanol–water partition coefficient (Wildman–Crippen LogP) is 3.65. The van der Waals surface area contributed by atoms with Gasteiger partial charge in [0.25, 0.3) is 0 Å². The van der Waals surface area contributed by atoms with Gasteiger partial charge in [-0.3, -0.25) is 0 Å². The molecule has 0 radical (unpaired) electrons. The minimum absolute atomic E-state index is 0.0942. The zero-order valence-electron chi connectivity index (χ0n) is 13.7. The first-order valence-corrected chi connectivity index (χ1v) is 9.75. The Morgan fingerprint density at radius 3 is 2.50 bits per heavy atom. The third-order valence-corrected chi connectivity index (χ3v) is 5.42. The van der Waals surface area contributed by atoms with Crippen molar-refractivity contribution >= 4 is 26.0 Å². The summed E-state index contributed by atoms with van der Waals surface area (Å²) in [6.45, 7) is 1.77. The first kappa shape index (κ1) is 18.8. The maximum atomic E-state index is 12.5. The molecule has 0 aromatic heterocycles. The van der Waals surface area contributed by atoms with Gasteiger partial charge in [-0.1, -0.05) is 28.1 Å². The standard InChI is InChI=1S/C17H20BrNO4S/c1-12(16-10-15(22-2)7-8-17(16)23-3)19-24(20,21)11-13-5-4-6-14(18)9-13/h4-10,12,19H,11H2,1-3H3/t12-/m1/s1. The van der Waals surface area contributed by atoms with Crippen LogP contribution in [0.1, 0.15) is 24.1 Å². The van der Waals surface area contributed by atoms with Gasteiger partial charge in [-0.15, -0.1) is 0 Å². The molecule has 0 aliphatic heterocycles. The van der Waals surface area contributed by atoms with Crippen molar-refractivity contribution in [2.75, 3.05) is 14.2 Å². The van der Waals surface area contributed by atoms with Gasteiger partial charge >= 0.3 is 0 Å². The fourth-order valence-electron chi connectivity index (χ4n) is 2.40. The molecule has 0 saturated carbocycles. The minimum atomic E-state index is -3.51. The molecule has 0 fully saturated rings. The fraction of sp³-hybridized carbons (Fsp3) is 0.294. The molecule has 130 valence electrons. The van der Waals surface area contributed by atoms with E-state index in [0.717, 1.165) is 10.0 Å². The summed E-state index contributed by atoms with van der Waals surface area (Å²) in [4.78, 5) is 0. The molecule has 0 aliphatic carbocycles. The number of ether oxygens (including phenoxy) is 2. The highest BCUT2D eigenvalue weighted by atomic mass is 79.9. The van der Waals surface area contributed by atoms with Gasteiger partial charge in [-0.25, -0.2) is 13.1 Å². The lowest BCUT2D eigenvalue weighted by molar-refractivity contribution is 0.395. The molecule has 0 spiro atoms. The third-order valence-electron chi connectivity index (χ3n) is 3.51. The second kappa shape index (κ2) is 8.00. The maximum Gasteiger partial charge on any atom is 0.216 e. The van der Waals surface area contributed by atoms with Crippen LogP contribution in [0.4, 0.5) is 0 Å². The SMILES string of the molecule is COc1ccc(OC)c([C@@H](C)NS(=O)(=O)Cc2cccc(Br)c2)c1. The zero-order valence-corrected chi connectivity index (χ0v) is 16.1. The largest absolute Gasteiger partial charge is 0.497 e. The van der Waals surface area contributed by atoms with E-state index in [-0.39, 0.29) is 5.75 Å². The summed E-state index contributed by atoms with van der Waals surface area (Å²) < 4.78 is 39.0. The van der Waals surface area contributed by atoms with Crippen LogP contribution >= 0.6 is 15.9 Å². The van der Waals surface area contributed by atoms with Crippen molar-refractivity contribution in [3.05, 3.63) is 58.1 Å². The highest BCUT2D eigenvalue weighted by Crippen LogP contribution is 2.29. The van der Waals surface area contributed by atoms with Crippen molar-refractivity contribution in [3.8, 4) is 11.5 Å². The summed E-state index contributed by atoms with van der Waals surface area (Å²) in [5, 5.41) is 0. The lowest BCUT2D eigenvalue weighted by atomic mass is 10.1. The molecule has 24 heavy (non-hydrogen) atoms. The number of nitrogens with one attached hydrogen (secondary N) is 1. The average molecular weight is 414 g/mol. The van der Waals surface area contributed by atoms with Gasteiger partial charge < -0.3 is 9.47 Å². The number of halogens is 1. The van der Waals surface area contributed by atoms with E-state index in [1.807, 2.05) is 12.1 Å². The smallest absolute Gasteiger partial charge is 0.216 e. The van der Waals surface area contributed by atoms with Crippen LogP contribution in [0.15, 0.2) is 46.9 Å². The summed E-state index contributed by atoms with van der Waals surface area (Å²) >= 11 is 3.35. The van der Waals surface area contributed by atoms with E-state index in [4.69, 9.17) is 9.47 Å². The maximum absolute atomic E-state index is 12.5.